The van der Waals surface area contributed by atoms with Gasteiger partial charge in [0.2, 0.25) is 11.8 Å². The maximum Gasteiger partial charge on any atom is 0.261 e. The van der Waals surface area contributed by atoms with E-state index in [2.05, 4.69) is 15.6 Å². The maximum atomic E-state index is 13.2. The number of nitrogens with zero attached hydrogens (tertiary/aromatic N) is 2. The normalized spacial score (nSPS) is 10.6. The number of hydrogen-bond acceptors (Lipinski definition) is 5. The van der Waals surface area contributed by atoms with Gasteiger partial charge < -0.3 is 15.4 Å². The Morgan fingerprint density at radius 3 is 2.83 bits per heavy atom. The smallest absolute Gasteiger partial charge is 0.261 e. The number of aromatic nitrogens is 2. The van der Waals surface area contributed by atoms with Crippen molar-refractivity contribution < 1.29 is 18.7 Å². The standard InChI is InChI=1S/C15H17FN4O4/c1-24-5-4-17-13(21)7-18-14(22)8-20-9-19-12-3-2-10(16)6-11(12)15(20)23/h2-3,6,9H,4-5,7-8H2,1H3,(H,17,21)(H,18,22). The molecule has 0 aliphatic heterocycles. The minimum absolute atomic E-state index is 0.0857. The molecule has 2 N–H and O–H groups in total. The van der Waals surface area contributed by atoms with Crippen molar-refractivity contribution in [2.24, 2.45) is 0 Å². The Labute approximate surface area is 136 Å². The van der Waals surface area contributed by atoms with Crippen LogP contribution in [0.15, 0.2) is 29.3 Å². The molecule has 9 heteroatoms. The number of halogens is 1. The van der Waals surface area contributed by atoms with Gasteiger partial charge in [0, 0.05) is 13.7 Å². The zero-order valence-corrected chi connectivity index (χ0v) is 13.0. The van der Waals surface area contributed by atoms with E-state index in [4.69, 9.17) is 4.74 Å². The van der Waals surface area contributed by atoms with E-state index in [0.29, 0.717) is 18.7 Å². The van der Waals surface area contributed by atoms with Gasteiger partial charge >= 0.3 is 0 Å². The minimum Gasteiger partial charge on any atom is -0.383 e. The van der Waals surface area contributed by atoms with Crippen molar-refractivity contribution >= 4 is 22.7 Å². The zero-order chi connectivity index (χ0) is 17.5. The lowest BCUT2D eigenvalue weighted by atomic mass is 10.2. The van der Waals surface area contributed by atoms with Crippen molar-refractivity contribution in [3.8, 4) is 0 Å². The number of carbonyl (C=O) groups excluding carboxylic acids is 2. The summed E-state index contributed by atoms with van der Waals surface area (Å²) in [6.45, 7) is 0.176. The van der Waals surface area contributed by atoms with E-state index in [-0.39, 0.29) is 24.4 Å². The van der Waals surface area contributed by atoms with E-state index in [1.54, 1.807) is 0 Å². The van der Waals surface area contributed by atoms with Crippen LogP contribution in [0.2, 0.25) is 0 Å². The Morgan fingerprint density at radius 2 is 2.08 bits per heavy atom. The van der Waals surface area contributed by atoms with Gasteiger partial charge in [0.15, 0.2) is 0 Å². The number of carbonyl (C=O) groups is 2. The molecule has 2 aromatic rings. The number of ether oxygens (including phenoxy) is 1. The highest BCUT2D eigenvalue weighted by atomic mass is 19.1. The molecule has 0 fully saturated rings. The Kier molecular flexibility index (Phi) is 5.96. The molecule has 1 aromatic heterocycles. The second kappa shape index (κ2) is 8.16. The Morgan fingerprint density at radius 1 is 1.29 bits per heavy atom. The Bertz CT molecular complexity index is 806. The van der Waals surface area contributed by atoms with Crippen LogP contribution in [0.25, 0.3) is 10.9 Å². The summed E-state index contributed by atoms with van der Waals surface area (Å²) < 4.78 is 19.1. The molecule has 8 nitrogen and oxygen atoms in total. The molecule has 24 heavy (non-hydrogen) atoms. The van der Waals surface area contributed by atoms with Crippen molar-refractivity contribution in [1.29, 1.82) is 0 Å². The third kappa shape index (κ3) is 4.59. The van der Waals surface area contributed by atoms with Crippen LogP contribution in [-0.2, 0) is 20.9 Å². The van der Waals surface area contributed by atoms with Gasteiger partial charge in [-0.3, -0.25) is 19.0 Å². The molecule has 0 radical (unpaired) electrons. The number of nitrogens with one attached hydrogen (secondary N) is 2. The summed E-state index contributed by atoms with van der Waals surface area (Å²) >= 11 is 0. The number of benzene rings is 1. The van der Waals surface area contributed by atoms with Gasteiger partial charge in [0.25, 0.3) is 5.56 Å². The monoisotopic (exact) mass is 336 g/mol. The lowest BCUT2D eigenvalue weighted by molar-refractivity contribution is -0.126. The number of hydrogen-bond donors (Lipinski definition) is 2. The van der Waals surface area contributed by atoms with E-state index in [9.17, 15) is 18.8 Å². The summed E-state index contributed by atoms with van der Waals surface area (Å²) in [5.74, 6) is -1.46. The first-order chi connectivity index (χ1) is 11.5. The molecule has 2 rings (SSSR count). The molecule has 0 bridgehead atoms. The molecule has 0 saturated carbocycles. The molecule has 1 aromatic carbocycles. The van der Waals surface area contributed by atoms with Crippen molar-refractivity contribution in [2.75, 3.05) is 26.8 Å². The van der Waals surface area contributed by atoms with Gasteiger partial charge in [0.05, 0.1) is 30.4 Å². The fraction of sp³-hybridized carbons (Fsp3) is 0.333. The SMILES string of the molecule is COCCNC(=O)CNC(=O)Cn1cnc2ccc(F)cc2c1=O. The molecule has 0 spiro atoms. The van der Waals surface area contributed by atoms with Crippen molar-refractivity contribution in [3.05, 3.63) is 40.7 Å². The number of methoxy groups -OCH3 is 1. The summed E-state index contributed by atoms with van der Waals surface area (Å²) in [5, 5.41) is 5.02. The zero-order valence-electron chi connectivity index (χ0n) is 13.0. The number of fused-ring (bicyclic) bond motifs is 1. The third-order valence-electron chi connectivity index (χ3n) is 3.17. The van der Waals surface area contributed by atoms with Crippen LogP contribution < -0.4 is 16.2 Å². The highest BCUT2D eigenvalue weighted by Gasteiger charge is 2.10. The molecule has 0 aliphatic carbocycles. The summed E-state index contributed by atoms with van der Waals surface area (Å²) in [7, 11) is 1.51. The van der Waals surface area contributed by atoms with Gasteiger partial charge in [0.1, 0.15) is 12.4 Å². The highest BCUT2D eigenvalue weighted by Crippen LogP contribution is 2.08. The van der Waals surface area contributed by atoms with Crippen LogP contribution in [0.3, 0.4) is 0 Å². The average molecular weight is 336 g/mol. The highest BCUT2D eigenvalue weighted by molar-refractivity contribution is 5.84. The molecule has 1 heterocycles. The molecule has 0 aliphatic rings. The van der Waals surface area contributed by atoms with E-state index in [1.165, 1.54) is 25.6 Å². The quantitative estimate of drug-likeness (QED) is 0.658. The number of amides is 2. The van der Waals surface area contributed by atoms with E-state index in [0.717, 1.165) is 10.6 Å². The van der Waals surface area contributed by atoms with Gasteiger partial charge in [-0.25, -0.2) is 9.37 Å². The molecule has 2 amide bonds. The lowest BCUT2D eigenvalue weighted by Crippen LogP contribution is -2.40. The second-order valence-corrected chi connectivity index (χ2v) is 4.96. The van der Waals surface area contributed by atoms with E-state index in [1.807, 2.05) is 0 Å². The van der Waals surface area contributed by atoms with Gasteiger partial charge in [-0.2, -0.15) is 0 Å². The lowest BCUT2D eigenvalue weighted by Gasteiger charge is -2.08. The third-order valence-corrected chi connectivity index (χ3v) is 3.17. The van der Waals surface area contributed by atoms with Crippen LogP contribution in [0, 0.1) is 5.82 Å². The van der Waals surface area contributed by atoms with Gasteiger partial charge in [-0.05, 0) is 18.2 Å². The molecule has 0 atom stereocenters. The van der Waals surface area contributed by atoms with Crippen LogP contribution >= 0.6 is 0 Å². The van der Waals surface area contributed by atoms with E-state index >= 15 is 0 Å². The predicted molar refractivity (Wildman–Crippen MR) is 83.9 cm³/mol. The molecular weight excluding hydrogens is 319 g/mol. The molecule has 0 saturated heterocycles. The summed E-state index contributed by atoms with van der Waals surface area (Å²) in [5.41, 5.74) is -0.185. The number of rotatable bonds is 7. The van der Waals surface area contributed by atoms with Crippen LogP contribution in [0.1, 0.15) is 0 Å². The van der Waals surface area contributed by atoms with Gasteiger partial charge in [-0.15, -0.1) is 0 Å². The molecule has 0 unspecified atom stereocenters. The van der Waals surface area contributed by atoms with Crippen molar-refractivity contribution in [1.82, 2.24) is 20.2 Å². The Hall–Kier alpha value is -2.81. The first-order valence-electron chi connectivity index (χ1n) is 7.18. The largest absolute Gasteiger partial charge is 0.383 e. The average Bonchev–Trinajstić information content (AvgIpc) is 2.56. The van der Waals surface area contributed by atoms with Crippen LogP contribution in [0.4, 0.5) is 4.39 Å². The summed E-state index contributed by atoms with van der Waals surface area (Å²) in [6.07, 6.45) is 1.21. The first-order valence-corrected chi connectivity index (χ1v) is 7.18. The molecule has 128 valence electrons. The first kappa shape index (κ1) is 17.5. The van der Waals surface area contributed by atoms with E-state index < -0.39 is 17.3 Å². The van der Waals surface area contributed by atoms with Crippen molar-refractivity contribution in [3.63, 3.8) is 0 Å². The minimum atomic E-state index is -0.559. The van der Waals surface area contributed by atoms with Crippen molar-refractivity contribution in [2.45, 2.75) is 6.54 Å². The molecular formula is C15H17FN4O4. The fourth-order valence-corrected chi connectivity index (χ4v) is 1.99. The predicted octanol–water partition coefficient (Wildman–Crippen LogP) is -0.586. The topological polar surface area (TPSA) is 102 Å². The van der Waals surface area contributed by atoms with Gasteiger partial charge in [-0.1, -0.05) is 0 Å². The summed E-state index contributed by atoms with van der Waals surface area (Å²) in [4.78, 5) is 39.5. The maximum absolute atomic E-state index is 13.2. The Balaban J connectivity index is 1.97. The van der Waals surface area contributed by atoms with Crippen LogP contribution in [0.5, 0.6) is 0 Å². The summed E-state index contributed by atoms with van der Waals surface area (Å²) in [6, 6.07) is 3.66. The fourth-order valence-electron chi connectivity index (χ4n) is 1.99. The second-order valence-electron chi connectivity index (χ2n) is 4.96. The van der Waals surface area contributed by atoms with Crippen LogP contribution in [-0.4, -0.2) is 48.2 Å².